The number of rotatable bonds is 19. The number of unbranched alkanes of at least 4 members (excludes halogenated alkanes) is 6. The fourth-order valence-electron chi connectivity index (χ4n) is 4.50. The highest BCUT2D eigenvalue weighted by atomic mass is 16.6. The van der Waals surface area contributed by atoms with Crippen molar-refractivity contribution in [2.24, 2.45) is 0 Å². The van der Waals surface area contributed by atoms with Gasteiger partial charge in [0.2, 0.25) is 0 Å². The number of ether oxygens (including phenoxy) is 5. The maximum atomic E-state index is 12.7. The number of hydrogen-bond donors (Lipinski definition) is 0. The Kier molecular flexibility index (Phi) is 15.5. The van der Waals surface area contributed by atoms with Crippen LogP contribution < -0.4 is 9.47 Å². The SMILES string of the molecule is CCCCCCOC(=O)C(C)OC(=O)C(C)OC(=O)c1ccc(OC(=O)c2ccc(-c3ccc(OCCCCCC)cc3)cc2)cc1. The summed E-state index contributed by atoms with van der Waals surface area (Å²) in [6.45, 7) is 7.99. The van der Waals surface area contributed by atoms with E-state index >= 15 is 0 Å². The lowest BCUT2D eigenvalue weighted by Gasteiger charge is -2.16. The highest BCUT2D eigenvalue weighted by Gasteiger charge is 2.26. The van der Waals surface area contributed by atoms with Gasteiger partial charge < -0.3 is 23.7 Å². The van der Waals surface area contributed by atoms with Crippen molar-refractivity contribution in [2.75, 3.05) is 13.2 Å². The van der Waals surface area contributed by atoms with Gasteiger partial charge in [-0.3, -0.25) is 0 Å². The van der Waals surface area contributed by atoms with Gasteiger partial charge in [0, 0.05) is 0 Å². The molecule has 9 heteroatoms. The second-order valence-corrected chi connectivity index (χ2v) is 11.3. The monoisotopic (exact) mass is 646 g/mol. The van der Waals surface area contributed by atoms with E-state index in [-0.39, 0.29) is 17.9 Å². The van der Waals surface area contributed by atoms with Gasteiger partial charge in [0.05, 0.1) is 24.3 Å². The lowest BCUT2D eigenvalue weighted by Crippen LogP contribution is -2.33. The van der Waals surface area contributed by atoms with Gasteiger partial charge in [-0.05, 0) is 86.3 Å². The van der Waals surface area contributed by atoms with Gasteiger partial charge in [-0.2, -0.15) is 0 Å². The Hall–Kier alpha value is -4.66. The van der Waals surface area contributed by atoms with E-state index in [4.69, 9.17) is 23.7 Å². The van der Waals surface area contributed by atoms with Gasteiger partial charge in [0.1, 0.15) is 11.5 Å². The van der Waals surface area contributed by atoms with Crippen LogP contribution >= 0.6 is 0 Å². The van der Waals surface area contributed by atoms with Crippen molar-refractivity contribution < 1.29 is 42.9 Å². The molecule has 0 spiro atoms. The highest BCUT2D eigenvalue weighted by Crippen LogP contribution is 2.24. The Labute approximate surface area is 277 Å². The van der Waals surface area contributed by atoms with E-state index in [0.29, 0.717) is 12.2 Å². The molecule has 47 heavy (non-hydrogen) atoms. The molecular formula is C38H46O9. The predicted octanol–water partition coefficient (Wildman–Crippen LogP) is 8.13. The van der Waals surface area contributed by atoms with E-state index in [9.17, 15) is 19.2 Å². The first-order valence-corrected chi connectivity index (χ1v) is 16.5. The Balaban J connectivity index is 1.44. The zero-order valence-electron chi connectivity index (χ0n) is 27.8. The number of esters is 4. The van der Waals surface area contributed by atoms with Crippen LogP contribution in [0.15, 0.2) is 72.8 Å². The first-order valence-electron chi connectivity index (χ1n) is 16.5. The van der Waals surface area contributed by atoms with E-state index in [2.05, 4.69) is 13.8 Å². The smallest absolute Gasteiger partial charge is 0.348 e. The molecule has 0 amide bonds. The summed E-state index contributed by atoms with van der Waals surface area (Å²) < 4.78 is 26.7. The summed E-state index contributed by atoms with van der Waals surface area (Å²) in [5, 5.41) is 0. The summed E-state index contributed by atoms with van der Waals surface area (Å²) in [6, 6.07) is 20.7. The molecule has 0 bridgehead atoms. The van der Waals surface area contributed by atoms with Crippen molar-refractivity contribution >= 4 is 23.9 Å². The van der Waals surface area contributed by atoms with Crippen molar-refractivity contribution in [3.8, 4) is 22.6 Å². The van der Waals surface area contributed by atoms with Crippen molar-refractivity contribution in [1.82, 2.24) is 0 Å². The van der Waals surface area contributed by atoms with Crippen LogP contribution in [0.1, 0.15) is 99.8 Å². The van der Waals surface area contributed by atoms with Crippen LogP contribution in [0.2, 0.25) is 0 Å². The minimum atomic E-state index is -1.26. The molecule has 252 valence electrons. The van der Waals surface area contributed by atoms with Crippen molar-refractivity contribution in [3.63, 3.8) is 0 Å². The summed E-state index contributed by atoms with van der Waals surface area (Å²) in [4.78, 5) is 49.7. The van der Waals surface area contributed by atoms with E-state index in [1.807, 2.05) is 36.4 Å². The van der Waals surface area contributed by atoms with Gasteiger partial charge in [0.15, 0.2) is 12.2 Å². The first-order chi connectivity index (χ1) is 22.7. The number of carbonyl (C=O) groups is 4. The molecule has 0 aliphatic heterocycles. The minimum absolute atomic E-state index is 0.140. The predicted molar refractivity (Wildman–Crippen MR) is 178 cm³/mol. The average molecular weight is 647 g/mol. The van der Waals surface area contributed by atoms with Crippen molar-refractivity contribution in [3.05, 3.63) is 83.9 Å². The molecule has 2 unspecified atom stereocenters. The summed E-state index contributed by atoms with van der Waals surface area (Å²) in [5.41, 5.74) is 2.45. The van der Waals surface area contributed by atoms with Crippen LogP contribution in [0, 0.1) is 0 Å². The van der Waals surface area contributed by atoms with Gasteiger partial charge in [-0.1, -0.05) is 76.6 Å². The molecule has 2 atom stereocenters. The van der Waals surface area contributed by atoms with E-state index in [0.717, 1.165) is 49.0 Å². The third kappa shape index (κ3) is 12.6. The van der Waals surface area contributed by atoms with Crippen LogP contribution in [-0.4, -0.2) is 49.3 Å². The minimum Gasteiger partial charge on any atom is -0.494 e. The van der Waals surface area contributed by atoms with Gasteiger partial charge in [-0.25, -0.2) is 19.2 Å². The van der Waals surface area contributed by atoms with Crippen LogP contribution in [0.3, 0.4) is 0 Å². The zero-order chi connectivity index (χ0) is 34.0. The summed E-state index contributed by atoms with van der Waals surface area (Å²) >= 11 is 0. The molecule has 0 aliphatic rings. The molecule has 0 saturated carbocycles. The highest BCUT2D eigenvalue weighted by molar-refractivity contribution is 5.93. The third-order valence-electron chi connectivity index (χ3n) is 7.36. The van der Waals surface area contributed by atoms with Gasteiger partial charge in [-0.15, -0.1) is 0 Å². The third-order valence-corrected chi connectivity index (χ3v) is 7.36. The maximum Gasteiger partial charge on any atom is 0.348 e. The van der Waals surface area contributed by atoms with Crippen molar-refractivity contribution in [2.45, 2.75) is 91.3 Å². The molecule has 3 rings (SSSR count). The van der Waals surface area contributed by atoms with E-state index < -0.39 is 36.1 Å². The van der Waals surface area contributed by atoms with Gasteiger partial charge in [0.25, 0.3) is 0 Å². The van der Waals surface area contributed by atoms with Crippen LogP contribution in [0.25, 0.3) is 11.1 Å². The molecule has 0 radical (unpaired) electrons. The number of benzene rings is 3. The molecule has 9 nitrogen and oxygen atoms in total. The largest absolute Gasteiger partial charge is 0.494 e. The lowest BCUT2D eigenvalue weighted by molar-refractivity contribution is -0.171. The summed E-state index contributed by atoms with van der Waals surface area (Å²) in [5.74, 6) is -1.79. The molecular weight excluding hydrogens is 600 g/mol. The van der Waals surface area contributed by atoms with Gasteiger partial charge >= 0.3 is 23.9 Å². The van der Waals surface area contributed by atoms with Crippen LogP contribution in [0.5, 0.6) is 11.5 Å². The topological polar surface area (TPSA) is 114 Å². The molecule has 0 aliphatic carbocycles. The fourth-order valence-corrected chi connectivity index (χ4v) is 4.50. The quantitative estimate of drug-likeness (QED) is 0.0551. The Morgan fingerprint density at radius 3 is 1.62 bits per heavy atom. The molecule has 0 fully saturated rings. The molecule has 0 saturated heterocycles. The second-order valence-electron chi connectivity index (χ2n) is 11.3. The fraction of sp³-hybridized carbons (Fsp3) is 0.421. The average Bonchev–Trinajstić information content (AvgIpc) is 3.08. The number of carbonyl (C=O) groups excluding carboxylic acids is 4. The molecule has 3 aromatic rings. The van der Waals surface area contributed by atoms with Crippen LogP contribution in [0.4, 0.5) is 0 Å². The number of hydrogen-bond acceptors (Lipinski definition) is 9. The lowest BCUT2D eigenvalue weighted by atomic mass is 10.0. The molecule has 0 N–H and O–H groups in total. The molecule has 0 heterocycles. The van der Waals surface area contributed by atoms with Crippen LogP contribution in [-0.2, 0) is 23.8 Å². The summed E-state index contributed by atoms with van der Waals surface area (Å²) in [7, 11) is 0. The Bertz CT molecular complexity index is 1410. The Morgan fingerprint density at radius 2 is 1.02 bits per heavy atom. The van der Waals surface area contributed by atoms with E-state index in [1.165, 1.54) is 57.4 Å². The second kappa shape index (κ2) is 19.8. The standard InChI is InChI=1S/C38H46O9/c1-5-7-9-11-25-43-33-21-17-30(18-22-33)29-13-15-31(16-14-29)38(42)47-34-23-19-32(20-24-34)37(41)46-28(4)36(40)45-27(3)35(39)44-26-12-10-8-6-2/h13-24,27-28H,5-12,25-26H2,1-4H3. The normalized spacial score (nSPS) is 12.0. The zero-order valence-corrected chi connectivity index (χ0v) is 27.8. The maximum absolute atomic E-state index is 12.7. The van der Waals surface area contributed by atoms with Crippen molar-refractivity contribution in [1.29, 1.82) is 0 Å². The molecule has 0 aromatic heterocycles. The first kappa shape index (κ1) is 36.8. The summed E-state index contributed by atoms with van der Waals surface area (Å²) in [6.07, 6.45) is 6.06. The molecule has 3 aromatic carbocycles. The Morgan fingerprint density at radius 1 is 0.532 bits per heavy atom. The van der Waals surface area contributed by atoms with E-state index in [1.54, 1.807) is 12.1 Å².